The van der Waals surface area contributed by atoms with Crippen LogP contribution in [0.4, 0.5) is 0 Å². The Balaban J connectivity index is 3.28. The minimum atomic E-state index is -1.28. The number of hydrogen-bond acceptors (Lipinski definition) is 10. The molecule has 0 saturated heterocycles. The van der Waals surface area contributed by atoms with E-state index in [0.717, 1.165) is 0 Å². The van der Waals surface area contributed by atoms with Gasteiger partial charge in [0.2, 0.25) is 35.4 Å². The van der Waals surface area contributed by atoms with Gasteiger partial charge in [-0.05, 0) is 67.7 Å². The SMILES string of the molecule is CC(C)[C@H](N)C(=O)N[C@@H](CCC(N)=O)C(=O)N[C@H](C(=O)N[C@H](C(=O)N[C@@H](Cc1ccc(O)cc1)C(=O)N[C@@H](CCCCN)C(=O)O)C(C)C)C(C)C. The fourth-order valence-electron chi connectivity index (χ4n) is 5.05. The van der Waals surface area contributed by atoms with E-state index in [1.807, 2.05) is 0 Å². The summed E-state index contributed by atoms with van der Waals surface area (Å²) in [5.41, 5.74) is 17.3. The smallest absolute Gasteiger partial charge is 0.326 e. The molecule has 52 heavy (non-hydrogen) atoms. The molecule has 13 N–H and O–H groups in total. The highest BCUT2D eigenvalue weighted by atomic mass is 16.4. The van der Waals surface area contributed by atoms with Gasteiger partial charge in [-0.15, -0.1) is 0 Å². The standard InChI is InChI=1S/C35H58N8O9/c1-18(2)27(38)32(48)39-23(14-15-26(37)45)30(46)42-29(20(5)6)34(50)43-28(19(3)4)33(49)41-25(17-21-10-12-22(44)13-11-21)31(47)40-24(35(51)52)9-7-8-16-36/h10-13,18-20,23-25,27-29,44H,7-9,14-17,36,38H2,1-6H3,(H2,37,45)(H,39,48)(H,40,47)(H,41,49)(H,42,46)(H,43,50)(H,51,52)/t23-,24-,25-,27-,28-,29-/m0/s1. The van der Waals surface area contributed by atoms with E-state index >= 15 is 0 Å². The van der Waals surface area contributed by atoms with Gasteiger partial charge in [-0.25, -0.2) is 4.79 Å². The maximum atomic E-state index is 13.8. The second kappa shape index (κ2) is 22.2. The Bertz CT molecular complexity index is 1370. The summed E-state index contributed by atoms with van der Waals surface area (Å²) in [6, 6.07) is -1.22. The molecule has 0 spiro atoms. The highest BCUT2D eigenvalue weighted by Crippen LogP contribution is 2.14. The van der Waals surface area contributed by atoms with Crippen molar-refractivity contribution in [2.45, 2.75) is 116 Å². The summed E-state index contributed by atoms with van der Waals surface area (Å²) in [6.07, 6.45) is 0.653. The third-order valence-electron chi connectivity index (χ3n) is 8.40. The van der Waals surface area contributed by atoms with Crippen LogP contribution in [-0.2, 0) is 40.0 Å². The summed E-state index contributed by atoms with van der Waals surface area (Å²) in [6.45, 7) is 10.4. The van der Waals surface area contributed by atoms with E-state index < -0.39 is 89.5 Å². The number of carbonyl (C=O) groups is 7. The van der Waals surface area contributed by atoms with Crippen molar-refractivity contribution in [1.82, 2.24) is 26.6 Å². The molecule has 292 valence electrons. The topological polar surface area (TPSA) is 298 Å². The van der Waals surface area contributed by atoms with Crippen LogP contribution in [0.15, 0.2) is 24.3 Å². The van der Waals surface area contributed by atoms with Crippen molar-refractivity contribution in [3.63, 3.8) is 0 Å². The van der Waals surface area contributed by atoms with Crippen LogP contribution < -0.4 is 43.8 Å². The molecule has 1 aromatic rings. The Labute approximate surface area is 305 Å². The molecular weight excluding hydrogens is 676 g/mol. The summed E-state index contributed by atoms with van der Waals surface area (Å²) in [5, 5.41) is 32.4. The number of aliphatic carboxylic acids is 1. The number of nitrogens with one attached hydrogen (secondary N) is 5. The zero-order chi connectivity index (χ0) is 39.7. The van der Waals surface area contributed by atoms with Crippen LogP contribution in [0.1, 0.15) is 79.2 Å². The lowest BCUT2D eigenvalue weighted by atomic mass is 9.98. The lowest BCUT2D eigenvalue weighted by Crippen LogP contribution is -2.61. The predicted molar refractivity (Wildman–Crippen MR) is 193 cm³/mol. The third-order valence-corrected chi connectivity index (χ3v) is 8.40. The first-order chi connectivity index (χ1) is 24.3. The van der Waals surface area contributed by atoms with Crippen molar-refractivity contribution in [3.8, 4) is 5.75 Å². The monoisotopic (exact) mass is 734 g/mol. The van der Waals surface area contributed by atoms with Gasteiger partial charge in [-0.1, -0.05) is 53.7 Å². The van der Waals surface area contributed by atoms with E-state index in [1.165, 1.54) is 12.1 Å². The molecule has 0 radical (unpaired) electrons. The van der Waals surface area contributed by atoms with Crippen molar-refractivity contribution < 1.29 is 43.8 Å². The molecule has 0 aliphatic carbocycles. The largest absolute Gasteiger partial charge is 0.508 e. The number of amides is 6. The number of phenols is 1. The number of carbonyl (C=O) groups excluding carboxylic acids is 6. The number of unbranched alkanes of at least 4 members (excludes halogenated alkanes) is 1. The Hall–Kier alpha value is -4.77. The van der Waals surface area contributed by atoms with Crippen LogP contribution in [0, 0.1) is 17.8 Å². The van der Waals surface area contributed by atoms with Gasteiger partial charge >= 0.3 is 5.97 Å². The van der Waals surface area contributed by atoms with Crippen molar-refractivity contribution in [1.29, 1.82) is 0 Å². The van der Waals surface area contributed by atoms with Crippen LogP contribution in [0.3, 0.4) is 0 Å². The number of aromatic hydroxyl groups is 1. The first-order valence-corrected chi connectivity index (χ1v) is 17.5. The van der Waals surface area contributed by atoms with Crippen LogP contribution in [-0.4, -0.2) is 94.4 Å². The summed E-state index contributed by atoms with van der Waals surface area (Å²) in [4.78, 5) is 90.4. The summed E-state index contributed by atoms with van der Waals surface area (Å²) >= 11 is 0. The molecule has 0 aromatic heterocycles. The number of carboxylic acids is 1. The van der Waals surface area contributed by atoms with Gasteiger partial charge in [0.05, 0.1) is 6.04 Å². The fourth-order valence-corrected chi connectivity index (χ4v) is 5.05. The number of phenolic OH excluding ortho intramolecular Hbond substituents is 1. The molecule has 0 aliphatic rings. The molecule has 0 bridgehead atoms. The molecule has 0 fully saturated rings. The van der Waals surface area contributed by atoms with E-state index in [2.05, 4.69) is 26.6 Å². The Morgan fingerprint density at radius 1 is 0.635 bits per heavy atom. The van der Waals surface area contributed by atoms with E-state index in [0.29, 0.717) is 24.9 Å². The molecule has 17 nitrogen and oxygen atoms in total. The lowest BCUT2D eigenvalue weighted by Gasteiger charge is -2.30. The van der Waals surface area contributed by atoms with Gasteiger partial charge < -0.3 is 54.0 Å². The van der Waals surface area contributed by atoms with E-state index in [-0.39, 0.29) is 37.4 Å². The highest BCUT2D eigenvalue weighted by molar-refractivity contribution is 5.96. The Morgan fingerprint density at radius 3 is 1.60 bits per heavy atom. The molecule has 0 saturated carbocycles. The molecule has 6 atom stereocenters. The Morgan fingerprint density at radius 2 is 1.12 bits per heavy atom. The van der Waals surface area contributed by atoms with E-state index in [1.54, 1.807) is 53.7 Å². The number of primary amides is 1. The van der Waals surface area contributed by atoms with Crippen molar-refractivity contribution in [2.75, 3.05) is 6.54 Å². The van der Waals surface area contributed by atoms with Crippen LogP contribution in [0.25, 0.3) is 0 Å². The van der Waals surface area contributed by atoms with Gasteiger partial charge in [0.25, 0.3) is 0 Å². The second-order valence-corrected chi connectivity index (χ2v) is 13.9. The second-order valence-electron chi connectivity index (χ2n) is 13.9. The lowest BCUT2D eigenvalue weighted by molar-refractivity contribution is -0.142. The van der Waals surface area contributed by atoms with Crippen LogP contribution >= 0.6 is 0 Å². The van der Waals surface area contributed by atoms with Crippen molar-refractivity contribution >= 4 is 41.4 Å². The summed E-state index contributed by atoms with van der Waals surface area (Å²) < 4.78 is 0. The predicted octanol–water partition coefficient (Wildman–Crippen LogP) is -0.867. The number of hydrogen-bond donors (Lipinski definition) is 10. The van der Waals surface area contributed by atoms with Gasteiger partial charge in [0, 0.05) is 12.8 Å². The zero-order valence-corrected chi connectivity index (χ0v) is 30.9. The molecular formula is C35H58N8O9. The quantitative estimate of drug-likeness (QED) is 0.0617. The highest BCUT2D eigenvalue weighted by Gasteiger charge is 2.35. The summed E-state index contributed by atoms with van der Waals surface area (Å²) in [5.74, 6) is -6.91. The third kappa shape index (κ3) is 15.6. The molecule has 0 heterocycles. The number of rotatable bonds is 23. The first-order valence-electron chi connectivity index (χ1n) is 17.5. The average molecular weight is 735 g/mol. The van der Waals surface area contributed by atoms with Crippen LogP contribution in [0.5, 0.6) is 5.75 Å². The molecule has 0 aliphatic heterocycles. The molecule has 17 heteroatoms. The molecule has 1 aromatic carbocycles. The van der Waals surface area contributed by atoms with Crippen molar-refractivity contribution in [3.05, 3.63) is 29.8 Å². The average Bonchev–Trinajstić information content (AvgIpc) is 3.06. The number of carboxylic acid groups (broad SMARTS) is 1. The number of benzene rings is 1. The van der Waals surface area contributed by atoms with E-state index in [4.69, 9.17) is 17.2 Å². The molecule has 0 unspecified atom stereocenters. The maximum absolute atomic E-state index is 13.8. The minimum absolute atomic E-state index is 0.0188. The maximum Gasteiger partial charge on any atom is 0.326 e. The van der Waals surface area contributed by atoms with Gasteiger partial charge in [-0.3, -0.25) is 28.8 Å². The zero-order valence-electron chi connectivity index (χ0n) is 30.9. The normalized spacial score (nSPS) is 14.8. The molecule has 1 rings (SSSR count). The summed E-state index contributed by atoms with van der Waals surface area (Å²) in [7, 11) is 0. The van der Waals surface area contributed by atoms with Gasteiger partial charge in [0.15, 0.2) is 0 Å². The number of nitrogens with two attached hydrogens (primary N) is 3. The van der Waals surface area contributed by atoms with E-state index in [9.17, 15) is 43.8 Å². The van der Waals surface area contributed by atoms with Crippen LogP contribution in [0.2, 0.25) is 0 Å². The first kappa shape index (κ1) is 45.3. The van der Waals surface area contributed by atoms with Crippen molar-refractivity contribution in [2.24, 2.45) is 35.0 Å². The van der Waals surface area contributed by atoms with Gasteiger partial charge in [-0.2, -0.15) is 0 Å². The van der Waals surface area contributed by atoms with Gasteiger partial charge in [0.1, 0.15) is 36.0 Å². The Kier molecular flexibility index (Phi) is 19.3. The fraction of sp³-hybridized carbons (Fsp3) is 0.629. The minimum Gasteiger partial charge on any atom is -0.508 e. The molecule has 6 amide bonds.